The molecule has 0 atom stereocenters. The van der Waals surface area contributed by atoms with E-state index in [-0.39, 0.29) is 28.5 Å². The molecule has 0 aromatic heterocycles. The Balaban J connectivity index is 1.85. The molecule has 4 rings (SSSR count). The molecule has 0 aliphatic carbocycles. The van der Waals surface area contributed by atoms with Gasteiger partial charge in [0.2, 0.25) is 6.79 Å². The average molecular weight is 419 g/mol. The number of rotatable bonds is 5. The maximum Gasteiger partial charge on any atom is 0.261 e. The van der Waals surface area contributed by atoms with Gasteiger partial charge in [0, 0.05) is 11.6 Å². The van der Waals surface area contributed by atoms with Crippen LogP contribution in [-0.4, -0.2) is 22.3 Å². The number of sulfonamides is 1. The van der Waals surface area contributed by atoms with Gasteiger partial charge in [-0.3, -0.25) is 4.72 Å². The maximum atomic E-state index is 14.2. The molecule has 0 spiro atoms. The van der Waals surface area contributed by atoms with Crippen molar-refractivity contribution in [2.45, 2.75) is 4.90 Å². The van der Waals surface area contributed by atoms with Crippen molar-refractivity contribution in [2.24, 2.45) is 0 Å². The molecule has 0 amide bonds. The zero-order valence-electron chi connectivity index (χ0n) is 15.1. The molecule has 3 aromatic rings. The van der Waals surface area contributed by atoms with Crippen molar-refractivity contribution < 1.29 is 31.4 Å². The number of hydrogen-bond donors (Lipinski definition) is 1. The number of ether oxygens (including phenoxy) is 3. The first-order valence-electron chi connectivity index (χ1n) is 8.44. The number of nitrogens with one attached hydrogen (secondary N) is 1. The predicted octanol–water partition coefficient (Wildman–Crippen LogP) is 4.17. The molecule has 6 nitrogen and oxygen atoms in total. The average Bonchev–Trinajstić information content (AvgIpc) is 3.15. The van der Waals surface area contributed by atoms with Crippen LogP contribution in [0.2, 0.25) is 0 Å². The van der Waals surface area contributed by atoms with Gasteiger partial charge in [-0.15, -0.1) is 0 Å². The highest BCUT2D eigenvalue weighted by Crippen LogP contribution is 2.43. The topological polar surface area (TPSA) is 73.9 Å². The van der Waals surface area contributed by atoms with Gasteiger partial charge in [-0.2, -0.15) is 0 Å². The van der Waals surface area contributed by atoms with E-state index in [1.165, 1.54) is 24.3 Å². The molecule has 1 aliphatic heterocycles. The fraction of sp³-hybridized carbons (Fsp3) is 0.100. The van der Waals surface area contributed by atoms with Crippen LogP contribution >= 0.6 is 0 Å². The van der Waals surface area contributed by atoms with Crippen LogP contribution in [0.15, 0.2) is 59.5 Å². The molecule has 1 heterocycles. The summed E-state index contributed by atoms with van der Waals surface area (Å²) in [6.45, 7) is -0.0466. The molecule has 3 aromatic carbocycles. The lowest BCUT2D eigenvalue weighted by molar-refractivity contribution is 0.174. The SMILES string of the molecule is COc1c(F)cc(-c2cc3c(cc2NS(=O)(=O)c2ccccc2)OCO3)cc1F. The second-order valence-corrected chi connectivity index (χ2v) is 7.83. The molecule has 0 saturated carbocycles. The second-order valence-electron chi connectivity index (χ2n) is 6.14. The van der Waals surface area contributed by atoms with Crippen LogP contribution in [0, 0.1) is 11.6 Å². The zero-order valence-corrected chi connectivity index (χ0v) is 15.9. The molecule has 150 valence electrons. The second kappa shape index (κ2) is 7.25. The van der Waals surface area contributed by atoms with Gasteiger partial charge in [-0.25, -0.2) is 17.2 Å². The molecular weight excluding hydrogens is 404 g/mol. The van der Waals surface area contributed by atoms with Crippen molar-refractivity contribution in [3.8, 4) is 28.4 Å². The fourth-order valence-electron chi connectivity index (χ4n) is 2.98. The van der Waals surface area contributed by atoms with Crippen LogP contribution in [0.4, 0.5) is 14.5 Å². The molecule has 1 aliphatic rings. The minimum Gasteiger partial charge on any atom is -0.491 e. The van der Waals surface area contributed by atoms with Gasteiger partial charge in [0.05, 0.1) is 17.7 Å². The van der Waals surface area contributed by atoms with Gasteiger partial charge in [0.15, 0.2) is 28.9 Å². The highest BCUT2D eigenvalue weighted by molar-refractivity contribution is 7.92. The lowest BCUT2D eigenvalue weighted by Crippen LogP contribution is -2.13. The molecule has 0 fully saturated rings. The van der Waals surface area contributed by atoms with Crippen LogP contribution in [0.5, 0.6) is 17.2 Å². The summed E-state index contributed by atoms with van der Waals surface area (Å²) in [6.07, 6.45) is 0. The summed E-state index contributed by atoms with van der Waals surface area (Å²) in [5.41, 5.74) is 0.404. The molecule has 1 N–H and O–H groups in total. The summed E-state index contributed by atoms with van der Waals surface area (Å²) in [4.78, 5) is 0.0377. The van der Waals surface area contributed by atoms with E-state index in [0.29, 0.717) is 11.5 Å². The largest absolute Gasteiger partial charge is 0.491 e. The van der Waals surface area contributed by atoms with E-state index < -0.39 is 27.4 Å². The Morgan fingerprint density at radius 2 is 1.59 bits per heavy atom. The van der Waals surface area contributed by atoms with Crippen molar-refractivity contribution in [3.63, 3.8) is 0 Å². The fourth-order valence-corrected chi connectivity index (χ4v) is 4.07. The highest BCUT2D eigenvalue weighted by Gasteiger charge is 2.23. The van der Waals surface area contributed by atoms with Gasteiger partial charge in [0.1, 0.15) is 0 Å². The maximum absolute atomic E-state index is 14.2. The number of methoxy groups -OCH3 is 1. The number of anilines is 1. The van der Waals surface area contributed by atoms with Crippen molar-refractivity contribution >= 4 is 15.7 Å². The number of halogens is 2. The van der Waals surface area contributed by atoms with E-state index in [1.54, 1.807) is 18.2 Å². The van der Waals surface area contributed by atoms with E-state index in [2.05, 4.69) is 4.72 Å². The number of fused-ring (bicyclic) bond motifs is 1. The lowest BCUT2D eigenvalue weighted by Gasteiger charge is -2.15. The van der Waals surface area contributed by atoms with Gasteiger partial charge in [-0.1, -0.05) is 18.2 Å². The zero-order chi connectivity index (χ0) is 20.6. The van der Waals surface area contributed by atoms with E-state index >= 15 is 0 Å². The van der Waals surface area contributed by atoms with E-state index in [9.17, 15) is 17.2 Å². The van der Waals surface area contributed by atoms with Crippen molar-refractivity contribution in [1.82, 2.24) is 0 Å². The third-order valence-electron chi connectivity index (χ3n) is 4.32. The molecule has 9 heteroatoms. The summed E-state index contributed by atoms with van der Waals surface area (Å²) in [5, 5.41) is 0. The molecule has 0 radical (unpaired) electrons. The molecule has 29 heavy (non-hydrogen) atoms. The highest BCUT2D eigenvalue weighted by atomic mass is 32.2. The Kier molecular flexibility index (Phi) is 4.75. The Hall–Kier alpha value is -3.33. The smallest absolute Gasteiger partial charge is 0.261 e. The minimum atomic E-state index is -3.95. The molecule has 0 bridgehead atoms. The first kappa shape index (κ1) is 19.0. The summed E-state index contributed by atoms with van der Waals surface area (Å²) in [7, 11) is -2.80. The van der Waals surface area contributed by atoms with Gasteiger partial charge < -0.3 is 14.2 Å². The molecular formula is C20H15F2NO5S. The lowest BCUT2D eigenvalue weighted by atomic mass is 10.0. The summed E-state index contributed by atoms with van der Waals surface area (Å²) in [6, 6.07) is 12.7. The van der Waals surface area contributed by atoms with Crippen LogP contribution in [-0.2, 0) is 10.0 Å². The Bertz CT molecular complexity index is 1160. The van der Waals surface area contributed by atoms with Crippen molar-refractivity contribution in [1.29, 1.82) is 0 Å². The van der Waals surface area contributed by atoms with Gasteiger partial charge in [0.25, 0.3) is 10.0 Å². The van der Waals surface area contributed by atoms with Crippen molar-refractivity contribution in [2.75, 3.05) is 18.6 Å². The number of benzene rings is 3. The van der Waals surface area contributed by atoms with Gasteiger partial charge in [-0.05, 0) is 35.9 Å². The van der Waals surface area contributed by atoms with Crippen LogP contribution in [0.3, 0.4) is 0 Å². The number of hydrogen-bond acceptors (Lipinski definition) is 5. The summed E-state index contributed by atoms with van der Waals surface area (Å²) in [5.74, 6) is -1.72. The standard InChI is InChI=1S/C20H15F2NO5S/c1-26-20-15(21)7-12(8-16(20)22)14-9-18-19(28-11-27-18)10-17(14)23-29(24,25)13-5-3-2-4-6-13/h2-10,23H,11H2,1H3. The van der Waals surface area contributed by atoms with Crippen LogP contribution in [0.25, 0.3) is 11.1 Å². The van der Waals surface area contributed by atoms with Gasteiger partial charge >= 0.3 is 0 Å². The monoisotopic (exact) mass is 419 g/mol. The Morgan fingerprint density at radius 3 is 2.21 bits per heavy atom. The third-order valence-corrected chi connectivity index (χ3v) is 5.71. The quantitative estimate of drug-likeness (QED) is 0.672. The Morgan fingerprint density at radius 1 is 0.966 bits per heavy atom. The molecule has 0 unspecified atom stereocenters. The Labute approximate surface area is 165 Å². The normalized spacial score (nSPS) is 12.7. The van der Waals surface area contributed by atoms with Crippen LogP contribution < -0.4 is 18.9 Å². The van der Waals surface area contributed by atoms with E-state index in [0.717, 1.165) is 19.2 Å². The summed E-state index contributed by atoms with van der Waals surface area (Å²) < 4.78 is 71.8. The summed E-state index contributed by atoms with van der Waals surface area (Å²) >= 11 is 0. The minimum absolute atomic E-state index is 0.0377. The van der Waals surface area contributed by atoms with Crippen molar-refractivity contribution in [3.05, 3.63) is 66.2 Å². The van der Waals surface area contributed by atoms with Crippen LogP contribution in [0.1, 0.15) is 0 Å². The van der Waals surface area contributed by atoms with E-state index in [1.807, 2.05) is 0 Å². The van der Waals surface area contributed by atoms with E-state index in [4.69, 9.17) is 14.2 Å². The predicted molar refractivity (Wildman–Crippen MR) is 102 cm³/mol. The first-order chi connectivity index (χ1) is 13.9. The molecule has 0 saturated heterocycles. The first-order valence-corrected chi connectivity index (χ1v) is 9.92. The third kappa shape index (κ3) is 3.56.